The molecule has 0 saturated carbocycles. The van der Waals surface area contributed by atoms with Crippen LogP contribution in [-0.4, -0.2) is 11.0 Å². The van der Waals surface area contributed by atoms with Crippen LogP contribution in [0.2, 0.25) is 0 Å². The number of oxime groups is 1. The summed E-state index contributed by atoms with van der Waals surface area (Å²) in [6.45, 7) is 2.83. The zero-order valence-corrected chi connectivity index (χ0v) is 13.3. The second-order valence-electron chi connectivity index (χ2n) is 4.84. The van der Waals surface area contributed by atoms with Crippen LogP contribution in [0.4, 0.5) is 0 Å². The van der Waals surface area contributed by atoms with Crippen LogP contribution in [0.1, 0.15) is 29.7 Å². The van der Waals surface area contributed by atoms with Crippen LogP contribution in [0.15, 0.2) is 58.2 Å². The van der Waals surface area contributed by atoms with Gasteiger partial charge >= 0.3 is 0 Å². The summed E-state index contributed by atoms with van der Waals surface area (Å²) >= 11 is 3.43. The summed E-state index contributed by atoms with van der Waals surface area (Å²) < 4.78 is 1.07. The maximum atomic E-state index is 8.71. The Kier molecular flexibility index (Phi) is 5.36. The first-order valence-corrected chi connectivity index (χ1v) is 7.45. The quantitative estimate of drug-likeness (QED) is 0.336. The van der Waals surface area contributed by atoms with Gasteiger partial charge in [0.15, 0.2) is 5.84 Å². The van der Waals surface area contributed by atoms with Crippen molar-refractivity contribution < 1.29 is 5.21 Å². The molecular weight excluding hydrogens is 330 g/mol. The topological polar surface area (TPSA) is 70.6 Å². The molecule has 0 radical (unpaired) electrons. The fourth-order valence-electron chi connectivity index (χ4n) is 2.04. The molecule has 2 aromatic carbocycles. The molecule has 5 heteroatoms. The van der Waals surface area contributed by atoms with Crippen LogP contribution in [0.25, 0.3) is 0 Å². The van der Waals surface area contributed by atoms with Crippen LogP contribution in [0.5, 0.6) is 0 Å². The Labute approximate surface area is 132 Å². The standard InChI is InChI=1S/C16H18BrN3O/c1-11(13-5-7-15(17)8-6-13)19-10-12-3-2-4-14(9-12)16(18)20-21/h2-9,11,19,21H,10H2,1H3,(H2,18,20)/t11-/m1/s1. The molecule has 4 nitrogen and oxygen atoms in total. The Hall–Kier alpha value is -1.85. The van der Waals surface area contributed by atoms with Gasteiger partial charge in [-0.15, -0.1) is 0 Å². The Morgan fingerprint density at radius 3 is 2.67 bits per heavy atom. The van der Waals surface area contributed by atoms with Crippen molar-refractivity contribution in [2.24, 2.45) is 10.9 Å². The van der Waals surface area contributed by atoms with E-state index in [2.05, 4.69) is 45.5 Å². The third-order valence-electron chi connectivity index (χ3n) is 3.31. The van der Waals surface area contributed by atoms with Crippen molar-refractivity contribution in [2.45, 2.75) is 19.5 Å². The second kappa shape index (κ2) is 7.24. The van der Waals surface area contributed by atoms with Crippen LogP contribution < -0.4 is 11.1 Å². The summed E-state index contributed by atoms with van der Waals surface area (Å²) in [6, 6.07) is 16.1. The van der Waals surface area contributed by atoms with Crippen LogP contribution in [0, 0.1) is 0 Å². The third-order valence-corrected chi connectivity index (χ3v) is 3.84. The summed E-state index contributed by atoms with van der Waals surface area (Å²) in [5.74, 6) is 0.123. The van der Waals surface area contributed by atoms with E-state index in [1.807, 2.05) is 36.4 Å². The maximum Gasteiger partial charge on any atom is 0.170 e. The van der Waals surface area contributed by atoms with E-state index in [4.69, 9.17) is 10.9 Å². The van der Waals surface area contributed by atoms with Gasteiger partial charge in [-0.25, -0.2) is 0 Å². The molecular formula is C16H18BrN3O. The Balaban J connectivity index is 2.01. The van der Waals surface area contributed by atoms with E-state index < -0.39 is 0 Å². The molecule has 0 aromatic heterocycles. The largest absolute Gasteiger partial charge is 0.409 e. The maximum absolute atomic E-state index is 8.71. The van der Waals surface area contributed by atoms with Gasteiger partial charge in [-0.2, -0.15) is 0 Å². The van der Waals surface area contributed by atoms with Crippen molar-refractivity contribution in [2.75, 3.05) is 0 Å². The molecule has 2 rings (SSSR count). The monoisotopic (exact) mass is 347 g/mol. The van der Waals surface area contributed by atoms with Crippen molar-refractivity contribution >= 4 is 21.8 Å². The smallest absolute Gasteiger partial charge is 0.170 e. The highest BCUT2D eigenvalue weighted by atomic mass is 79.9. The minimum Gasteiger partial charge on any atom is -0.409 e. The average molecular weight is 348 g/mol. The normalized spacial score (nSPS) is 13.1. The van der Waals surface area contributed by atoms with Crippen LogP contribution in [0.3, 0.4) is 0 Å². The lowest BCUT2D eigenvalue weighted by Gasteiger charge is -2.15. The van der Waals surface area contributed by atoms with Crippen molar-refractivity contribution in [3.8, 4) is 0 Å². The molecule has 0 amide bonds. The van der Waals surface area contributed by atoms with Gasteiger partial charge in [-0.3, -0.25) is 0 Å². The second-order valence-corrected chi connectivity index (χ2v) is 5.76. The lowest BCUT2D eigenvalue weighted by atomic mass is 10.1. The van der Waals surface area contributed by atoms with E-state index in [0.29, 0.717) is 12.1 Å². The number of benzene rings is 2. The van der Waals surface area contributed by atoms with Gasteiger partial charge in [-0.05, 0) is 36.2 Å². The first-order chi connectivity index (χ1) is 10.1. The number of hydrogen-bond acceptors (Lipinski definition) is 3. The predicted molar refractivity (Wildman–Crippen MR) is 88.3 cm³/mol. The SMILES string of the molecule is C[C@@H](NCc1cccc(/C(N)=N/O)c1)c1ccc(Br)cc1. The first-order valence-electron chi connectivity index (χ1n) is 6.66. The van der Waals surface area contributed by atoms with Gasteiger partial charge in [0.1, 0.15) is 0 Å². The van der Waals surface area contributed by atoms with Gasteiger partial charge in [0, 0.05) is 22.6 Å². The van der Waals surface area contributed by atoms with Gasteiger partial charge in [-0.1, -0.05) is 51.4 Å². The highest BCUT2D eigenvalue weighted by molar-refractivity contribution is 9.10. The zero-order valence-electron chi connectivity index (χ0n) is 11.8. The number of hydrogen-bond donors (Lipinski definition) is 3. The van der Waals surface area contributed by atoms with Crippen molar-refractivity contribution in [1.29, 1.82) is 0 Å². The summed E-state index contributed by atoms with van der Waals surface area (Å²) in [6.07, 6.45) is 0. The van der Waals surface area contributed by atoms with E-state index >= 15 is 0 Å². The van der Waals surface area contributed by atoms with Crippen molar-refractivity contribution in [1.82, 2.24) is 5.32 Å². The van der Waals surface area contributed by atoms with Crippen LogP contribution >= 0.6 is 15.9 Å². The van der Waals surface area contributed by atoms with Crippen molar-refractivity contribution in [3.63, 3.8) is 0 Å². The summed E-state index contributed by atoms with van der Waals surface area (Å²) in [4.78, 5) is 0. The Bertz CT molecular complexity index is 626. The fraction of sp³-hybridized carbons (Fsp3) is 0.188. The first kappa shape index (κ1) is 15.5. The predicted octanol–water partition coefficient (Wildman–Crippen LogP) is 3.39. The number of nitrogens with one attached hydrogen (secondary N) is 1. The number of rotatable bonds is 5. The highest BCUT2D eigenvalue weighted by Gasteiger charge is 2.06. The van der Waals surface area contributed by atoms with Crippen molar-refractivity contribution in [3.05, 3.63) is 69.7 Å². The molecule has 0 spiro atoms. The molecule has 110 valence electrons. The summed E-state index contributed by atoms with van der Waals surface area (Å²) in [7, 11) is 0. The third kappa shape index (κ3) is 4.31. The number of amidine groups is 1. The molecule has 0 fully saturated rings. The van der Waals surface area contributed by atoms with E-state index in [1.165, 1.54) is 5.56 Å². The lowest BCUT2D eigenvalue weighted by molar-refractivity contribution is 0.318. The molecule has 1 atom stereocenters. The summed E-state index contributed by atoms with van der Waals surface area (Å²) in [5, 5.41) is 15.2. The zero-order chi connectivity index (χ0) is 15.2. The summed E-state index contributed by atoms with van der Waals surface area (Å²) in [5.41, 5.74) is 8.63. The van der Waals surface area contributed by atoms with Crippen LogP contribution in [-0.2, 0) is 6.54 Å². The van der Waals surface area contributed by atoms with E-state index in [-0.39, 0.29) is 11.9 Å². The molecule has 0 aliphatic heterocycles. The molecule has 4 N–H and O–H groups in total. The fourth-order valence-corrected chi connectivity index (χ4v) is 2.30. The lowest BCUT2D eigenvalue weighted by Crippen LogP contribution is -2.19. The molecule has 0 heterocycles. The minimum atomic E-state index is 0.123. The van der Waals surface area contributed by atoms with E-state index in [9.17, 15) is 0 Å². The Morgan fingerprint density at radius 1 is 1.29 bits per heavy atom. The number of nitrogens with zero attached hydrogens (tertiary/aromatic N) is 1. The van der Waals surface area contributed by atoms with Gasteiger partial charge in [0.25, 0.3) is 0 Å². The Morgan fingerprint density at radius 2 is 2.00 bits per heavy atom. The molecule has 0 unspecified atom stereocenters. The molecule has 2 aromatic rings. The van der Waals surface area contributed by atoms with Gasteiger partial charge < -0.3 is 16.3 Å². The molecule has 0 saturated heterocycles. The van der Waals surface area contributed by atoms with E-state index in [1.54, 1.807) is 0 Å². The average Bonchev–Trinajstić information content (AvgIpc) is 2.52. The molecule has 0 aliphatic carbocycles. The van der Waals surface area contributed by atoms with E-state index in [0.717, 1.165) is 10.0 Å². The molecule has 21 heavy (non-hydrogen) atoms. The van der Waals surface area contributed by atoms with Gasteiger partial charge in [0.05, 0.1) is 0 Å². The number of halogens is 1. The minimum absolute atomic E-state index is 0.123. The van der Waals surface area contributed by atoms with Gasteiger partial charge in [0.2, 0.25) is 0 Å². The molecule has 0 aliphatic rings. The number of nitrogens with two attached hydrogens (primary N) is 1. The highest BCUT2D eigenvalue weighted by Crippen LogP contribution is 2.17. The molecule has 0 bridgehead atoms.